The number of para-hydroxylation sites is 1. The van der Waals surface area contributed by atoms with Crippen molar-refractivity contribution >= 4 is 22.6 Å². The molecule has 0 fully saturated rings. The predicted octanol–water partition coefficient (Wildman–Crippen LogP) is 3.75. The Morgan fingerprint density at radius 2 is 1.90 bits per heavy atom. The lowest BCUT2D eigenvalue weighted by atomic mass is 9.94. The minimum atomic E-state index is -1.21. The number of hydrogen-bond donors (Lipinski definition) is 3. The summed E-state index contributed by atoms with van der Waals surface area (Å²) in [5, 5.41) is 32.4. The Morgan fingerprint density at radius 1 is 1.19 bits per heavy atom. The monoisotopic (exact) mass is 419 g/mol. The van der Waals surface area contributed by atoms with Crippen molar-refractivity contribution in [2.45, 2.75) is 20.8 Å². The number of nitrogens with one attached hydrogen (secondary N) is 1. The molecule has 0 aliphatic carbocycles. The van der Waals surface area contributed by atoms with E-state index >= 15 is 0 Å². The van der Waals surface area contributed by atoms with E-state index in [1.165, 1.54) is 19.9 Å². The number of pyridine rings is 1. The van der Waals surface area contributed by atoms with Gasteiger partial charge in [-0.05, 0) is 50.6 Å². The first-order valence-corrected chi connectivity index (χ1v) is 9.46. The van der Waals surface area contributed by atoms with Gasteiger partial charge in [-0.3, -0.25) is 9.59 Å². The van der Waals surface area contributed by atoms with Crippen LogP contribution < -0.4 is 10.1 Å². The van der Waals surface area contributed by atoms with Gasteiger partial charge in [-0.15, -0.1) is 0 Å². The highest BCUT2D eigenvalue weighted by Crippen LogP contribution is 2.34. The number of aromatic hydroxyl groups is 1. The second-order valence-corrected chi connectivity index (χ2v) is 7.72. The molecule has 1 aromatic heterocycles. The van der Waals surface area contributed by atoms with Crippen LogP contribution >= 0.6 is 0 Å². The molecule has 158 valence electrons. The van der Waals surface area contributed by atoms with Crippen LogP contribution in [-0.4, -0.2) is 33.6 Å². The summed E-state index contributed by atoms with van der Waals surface area (Å²) < 4.78 is 5.88. The molecule has 0 spiro atoms. The van der Waals surface area contributed by atoms with Crippen LogP contribution in [0.5, 0.6) is 17.2 Å². The van der Waals surface area contributed by atoms with E-state index in [2.05, 4.69) is 10.3 Å². The number of rotatable bonds is 6. The highest BCUT2D eigenvalue weighted by atomic mass is 16.5. The first-order valence-electron chi connectivity index (χ1n) is 9.46. The number of nitriles is 1. The molecule has 3 rings (SSSR count). The molecule has 1 amide bonds. The average molecular weight is 419 g/mol. The zero-order valence-corrected chi connectivity index (χ0v) is 17.3. The second kappa shape index (κ2) is 8.32. The number of carbonyl (C=O) groups is 2. The number of aromatic nitrogens is 1. The topological polar surface area (TPSA) is 133 Å². The third kappa shape index (κ3) is 4.41. The van der Waals surface area contributed by atoms with Gasteiger partial charge in [0.25, 0.3) is 5.91 Å². The lowest BCUT2D eigenvalue weighted by molar-refractivity contribution is -0.146. The Balaban J connectivity index is 2.01. The number of aryl methyl sites for hydroxylation is 1. The molecule has 2 aromatic carbocycles. The maximum atomic E-state index is 12.6. The quantitative estimate of drug-likeness (QED) is 0.554. The number of nitrogens with zero attached hydrogens (tertiary/aromatic N) is 2. The van der Waals surface area contributed by atoms with Gasteiger partial charge in [-0.1, -0.05) is 18.2 Å². The number of aliphatic carboxylic acids is 1. The zero-order valence-electron chi connectivity index (χ0n) is 17.3. The van der Waals surface area contributed by atoms with E-state index in [1.54, 1.807) is 18.2 Å². The molecule has 0 atom stereocenters. The molecular weight excluding hydrogens is 398 g/mol. The van der Waals surface area contributed by atoms with E-state index in [0.717, 1.165) is 5.56 Å². The summed E-state index contributed by atoms with van der Waals surface area (Å²) in [6, 6.07) is 14.1. The predicted molar refractivity (Wildman–Crippen MR) is 113 cm³/mol. The van der Waals surface area contributed by atoms with Crippen molar-refractivity contribution in [1.29, 1.82) is 5.26 Å². The summed E-state index contributed by atoms with van der Waals surface area (Å²) in [7, 11) is 0. The van der Waals surface area contributed by atoms with E-state index in [4.69, 9.17) is 4.74 Å². The zero-order chi connectivity index (χ0) is 22.8. The van der Waals surface area contributed by atoms with Crippen LogP contribution in [-0.2, 0) is 4.79 Å². The first kappa shape index (κ1) is 21.6. The largest absolute Gasteiger partial charge is 0.505 e. The Morgan fingerprint density at radius 3 is 2.55 bits per heavy atom. The van der Waals surface area contributed by atoms with E-state index < -0.39 is 23.0 Å². The Hall–Kier alpha value is -4.12. The molecule has 0 saturated carbocycles. The number of hydrogen-bond acceptors (Lipinski definition) is 6. The van der Waals surface area contributed by atoms with Crippen LogP contribution in [0, 0.1) is 23.7 Å². The van der Waals surface area contributed by atoms with Gasteiger partial charge in [0.15, 0.2) is 11.4 Å². The van der Waals surface area contributed by atoms with Gasteiger partial charge in [0, 0.05) is 17.3 Å². The summed E-state index contributed by atoms with van der Waals surface area (Å²) in [6.07, 6.45) is 0. The Labute approximate surface area is 178 Å². The lowest BCUT2D eigenvalue weighted by Crippen LogP contribution is -2.39. The third-order valence-electron chi connectivity index (χ3n) is 4.86. The maximum Gasteiger partial charge on any atom is 0.310 e. The Kier molecular flexibility index (Phi) is 5.79. The van der Waals surface area contributed by atoms with Gasteiger partial charge >= 0.3 is 5.97 Å². The van der Waals surface area contributed by atoms with Gasteiger partial charge < -0.3 is 20.3 Å². The highest BCUT2D eigenvalue weighted by molar-refractivity contribution is 6.03. The van der Waals surface area contributed by atoms with Crippen LogP contribution in [0.4, 0.5) is 0 Å². The molecule has 3 aromatic rings. The fraction of sp³-hybridized carbons (Fsp3) is 0.217. The number of amides is 1. The summed E-state index contributed by atoms with van der Waals surface area (Å²) in [6.45, 7) is 4.63. The maximum absolute atomic E-state index is 12.6. The highest BCUT2D eigenvalue weighted by Gasteiger charge is 2.29. The number of fused-ring (bicyclic) bond motifs is 1. The molecule has 8 nitrogen and oxygen atoms in total. The lowest BCUT2D eigenvalue weighted by Gasteiger charge is -2.19. The smallest absolute Gasteiger partial charge is 0.310 e. The average Bonchev–Trinajstić information content (AvgIpc) is 2.74. The molecule has 8 heteroatoms. The Bertz CT molecular complexity index is 1230. The molecule has 0 unspecified atom stereocenters. The number of carbonyl (C=O) groups excluding carboxylic acids is 1. The molecule has 31 heavy (non-hydrogen) atoms. The summed E-state index contributed by atoms with van der Waals surface area (Å²) in [4.78, 5) is 27.8. The molecule has 0 bridgehead atoms. The van der Waals surface area contributed by atoms with Crippen LogP contribution in [0.1, 0.15) is 35.6 Å². The van der Waals surface area contributed by atoms with E-state index in [0.29, 0.717) is 16.9 Å². The molecule has 0 aliphatic heterocycles. The number of benzene rings is 2. The minimum Gasteiger partial charge on any atom is -0.505 e. The molecule has 1 heterocycles. The van der Waals surface area contributed by atoms with E-state index in [-0.39, 0.29) is 23.3 Å². The first-order chi connectivity index (χ1) is 14.6. The van der Waals surface area contributed by atoms with Crippen molar-refractivity contribution < 1.29 is 24.5 Å². The second-order valence-electron chi connectivity index (χ2n) is 7.72. The van der Waals surface area contributed by atoms with Crippen LogP contribution in [0.3, 0.4) is 0 Å². The molecule has 3 N–H and O–H groups in total. The summed E-state index contributed by atoms with van der Waals surface area (Å²) in [5.41, 5.74) is -0.703. The van der Waals surface area contributed by atoms with Gasteiger partial charge in [-0.2, -0.15) is 5.26 Å². The third-order valence-corrected chi connectivity index (χ3v) is 4.86. The van der Waals surface area contributed by atoms with Crippen molar-refractivity contribution in [2.75, 3.05) is 6.54 Å². The van der Waals surface area contributed by atoms with Gasteiger partial charge in [0.1, 0.15) is 23.3 Å². The van der Waals surface area contributed by atoms with E-state index in [9.17, 15) is 25.1 Å². The molecular formula is C23H21N3O5. The van der Waals surface area contributed by atoms with Crippen LogP contribution in [0.25, 0.3) is 10.8 Å². The van der Waals surface area contributed by atoms with Crippen molar-refractivity contribution in [3.63, 3.8) is 0 Å². The van der Waals surface area contributed by atoms with Gasteiger partial charge in [0.05, 0.1) is 5.41 Å². The molecule has 0 radical (unpaired) electrons. The minimum absolute atomic E-state index is 0.0436. The van der Waals surface area contributed by atoms with Gasteiger partial charge in [-0.25, -0.2) is 4.98 Å². The van der Waals surface area contributed by atoms with Crippen LogP contribution in [0.15, 0.2) is 42.5 Å². The fourth-order valence-electron chi connectivity index (χ4n) is 2.84. The van der Waals surface area contributed by atoms with Gasteiger partial charge in [0.2, 0.25) is 0 Å². The molecule has 0 saturated heterocycles. The van der Waals surface area contributed by atoms with Crippen molar-refractivity contribution in [3.8, 4) is 23.3 Å². The standard InChI is InChI=1S/C23H21N3O5/c1-13-6-4-5-7-18(13)31-14-8-9-15-16(10-14)20(27)19(26-17(15)11-24)21(28)25-12-23(2,3)22(29)30/h4-10,27H,12H2,1-3H3,(H,25,28)(H,29,30). The number of carboxylic acids is 1. The van der Waals surface area contributed by atoms with Crippen molar-refractivity contribution in [1.82, 2.24) is 10.3 Å². The summed E-state index contributed by atoms with van der Waals surface area (Å²) in [5.74, 6) is -1.25. The normalized spacial score (nSPS) is 11.0. The van der Waals surface area contributed by atoms with Crippen molar-refractivity contribution in [2.24, 2.45) is 5.41 Å². The van der Waals surface area contributed by atoms with Crippen molar-refractivity contribution in [3.05, 3.63) is 59.4 Å². The fourth-order valence-corrected chi connectivity index (χ4v) is 2.84. The van der Waals surface area contributed by atoms with E-state index in [1.807, 2.05) is 31.2 Å². The van der Waals surface area contributed by atoms with Crippen LogP contribution in [0.2, 0.25) is 0 Å². The number of carboxylic acid groups (broad SMARTS) is 1. The number of ether oxygens (including phenoxy) is 1. The SMILES string of the molecule is Cc1ccccc1Oc1ccc2c(C#N)nc(C(=O)NCC(C)(C)C(=O)O)c(O)c2c1. The molecule has 0 aliphatic rings. The summed E-state index contributed by atoms with van der Waals surface area (Å²) >= 11 is 0.